The lowest BCUT2D eigenvalue weighted by Gasteiger charge is -2.24. The maximum Gasteiger partial charge on any atom is 0.261 e. The molecule has 0 spiro atoms. The highest BCUT2D eigenvalue weighted by molar-refractivity contribution is 5.94. The average molecular weight is 288 g/mol. The van der Waals surface area contributed by atoms with Gasteiger partial charge in [0, 0.05) is 11.7 Å². The number of aromatic nitrogens is 1. The molecule has 2 N–H and O–H groups in total. The minimum Gasteiger partial charge on any atom is -0.349 e. The first-order chi connectivity index (χ1) is 10.1. The van der Waals surface area contributed by atoms with Crippen molar-refractivity contribution in [1.82, 2.24) is 10.3 Å². The molecule has 4 heteroatoms. The normalized spacial score (nSPS) is 22.6. The first-order valence-electron chi connectivity index (χ1n) is 8.19. The third kappa shape index (κ3) is 3.20. The van der Waals surface area contributed by atoms with E-state index in [1.54, 1.807) is 0 Å². The number of carbonyl (C=O) groups is 1. The van der Waals surface area contributed by atoms with Gasteiger partial charge in [-0.3, -0.25) is 9.59 Å². The van der Waals surface area contributed by atoms with Crippen molar-refractivity contribution in [3.05, 3.63) is 33.2 Å². The van der Waals surface area contributed by atoms with Crippen LogP contribution in [0.15, 0.2) is 10.9 Å². The van der Waals surface area contributed by atoms with Gasteiger partial charge in [0.25, 0.3) is 11.5 Å². The van der Waals surface area contributed by atoms with Crippen LogP contribution >= 0.6 is 0 Å². The fourth-order valence-corrected chi connectivity index (χ4v) is 3.56. The Hall–Kier alpha value is -1.58. The van der Waals surface area contributed by atoms with Crippen LogP contribution in [-0.2, 0) is 12.8 Å². The molecule has 2 aliphatic rings. The van der Waals surface area contributed by atoms with Crippen LogP contribution in [0.5, 0.6) is 0 Å². The number of rotatable bonds is 2. The third-order valence-electron chi connectivity index (χ3n) is 4.86. The second-order valence-corrected chi connectivity index (χ2v) is 6.67. The number of nitrogens with one attached hydrogen (secondary N) is 2. The van der Waals surface area contributed by atoms with Crippen molar-refractivity contribution in [2.45, 2.75) is 64.3 Å². The Morgan fingerprint density at radius 2 is 2.00 bits per heavy atom. The van der Waals surface area contributed by atoms with Crippen molar-refractivity contribution >= 4 is 5.91 Å². The van der Waals surface area contributed by atoms with Gasteiger partial charge in [-0.25, -0.2) is 0 Å². The van der Waals surface area contributed by atoms with Gasteiger partial charge in [-0.15, -0.1) is 0 Å². The van der Waals surface area contributed by atoms with Crippen molar-refractivity contribution in [2.75, 3.05) is 0 Å². The first kappa shape index (κ1) is 14.4. The monoisotopic (exact) mass is 288 g/mol. The van der Waals surface area contributed by atoms with E-state index in [4.69, 9.17) is 0 Å². The van der Waals surface area contributed by atoms with E-state index in [9.17, 15) is 9.59 Å². The minimum atomic E-state index is -0.239. The molecule has 1 unspecified atom stereocenters. The summed E-state index contributed by atoms with van der Waals surface area (Å²) in [6.07, 6.45) is 8.63. The van der Waals surface area contributed by atoms with Gasteiger partial charge in [0.1, 0.15) is 5.56 Å². The van der Waals surface area contributed by atoms with Crippen molar-refractivity contribution < 1.29 is 4.79 Å². The summed E-state index contributed by atoms with van der Waals surface area (Å²) in [5.74, 6) is 0.418. The highest BCUT2D eigenvalue weighted by Crippen LogP contribution is 2.23. The lowest BCUT2D eigenvalue weighted by molar-refractivity contribution is 0.0926. The van der Waals surface area contributed by atoms with E-state index in [2.05, 4.69) is 17.2 Å². The van der Waals surface area contributed by atoms with E-state index in [0.29, 0.717) is 5.92 Å². The van der Waals surface area contributed by atoms with Crippen LogP contribution in [0.1, 0.15) is 67.1 Å². The summed E-state index contributed by atoms with van der Waals surface area (Å²) in [6, 6.07) is 2.06. The molecule has 0 aromatic carbocycles. The molecule has 3 rings (SSSR count). The third-order valence-corrected chi connectivity index (χ3v) is 4.86. The SMILES string of the molecule is CC1CCc2[nH]c(=O)c(C(=O)NC3CCCCC3)cc2C1. The van der Waals surface area contributed by atoms with Crippen LogP contribution in [0.25, 0.3) is 0 Å². The summed E-state index contributed by atoms with van der Waals surface area (Å²) in [6.45, 7) is 2.22. The number of aryl methyl sites for hydroxylation is 1. The predicted octanol–water partition coefficient (Wildman–Crippen LogP) is 2.56. The molecule has 0 saturated heterocycles. The summed E-state index contributed by atoms with van der Waals surface area (Å²) in [7, 11) is 0. The van der Waals surface area contributed by atoms with E-state index in [1.807, 2.05) is 6.07 Å². The van der Waals surface area contributed by atoms with E-state index in [-0.39, 0.29) is 23.1 Å². The Bertz CT molecular complexity index is 585. The predicted molar refractivity (Wildman–Crippen MR) is 82.6 cm³/mol. The molecule has 1 aromatic rings. The van der Waals surface area contributed by atoms with Gasteiger partial charge in [0.05, 0.1) is 0 Å². The molecular formula is C17H24N2O2. The number of H-pyrrole nitrogens is 1. The fraction of sp³-hybridized carbons (Fsp3) is 0.647. The van der Waals surface area contributed by atoms with Crippen molar-refractivity contribution in [3.8, 4) is 0 Å². The molecule has 1 atom stereocenters. The lowest BCUT2D eigenvalue weighted by atomic mass is 9.87. The second-order valence-electron chi connectivity index (χ2n) is 6.67. The molecule has 0 radical (unpaired) electrons. The first-order valence-corrected chi connectivity index (χ1v) is 8.19. The quantitative estimate of drug-likeness (QED) is 0.878. The zero-order chi connectivity index (χ0) is 14.8. The molecule has 0 aliphatic heterocycles. The van der Waals surface area contributed by atoms with Crippen molar-refractivity contribution in [1.29, 1.82) is 0 Å². The molecule has 1 saturated carbocycles. The van der Waals surface area contributed by atoms with Gasteiger partial charge in [0.2, 0.25) is 0 Å². The highest BCUT2D eigenvalue weighted by Gasteiger charge is 2.22. The van der Waals surface area contributed by atoms with Gasteiger partial charge in [-0.05, 0) is 49.7 Å². The lowest BCUT2D eigenvalue weighted by Crippen LogP contribution is -2.39. The Morgan fingerprint density at radius 3 is 2.76 bits per heavy atom. The largest absolute Gasteiger partial charge is 0.349 e. The molecular weight excluding hydrogens is 264 g/mol. The second kappa shape index (κ2) is 6.04. The van der Waals surface area contributed by atoms with Gasteiger partial charge in [-0.2, -0.15) is 0 Å². The molecule has 0 bridgehead atoms. The van der Waals surface area contributed by atoms with E-state index in [1.165, 1.54) is 19.3 Å². The van der Waals surface area contributed by atoms with E-state index >= 15 is 0 Å². The summed E-state index contributed by atoms with van der Waals surface area (Å²) in [4.78, 5) is 27.4. The minimum absolute atomic E-state index is 0.204. The molecule has 21 heavy (non-hydrogen) atoms. The van der Waals surface area contributed by atoms with Crippen LogP contribution in [0.3, 0.4) is 0 Å². The Morgan fingerprint density at radius 1 is 1.24 bits per heavy atom. The van der Waals surface area contributed by atoms with Crippen LogP contribution in [0.2, 0.25) is 0 Å². The average Bonchev–Trinajstić information content (AvgIpc) is 2.48. The summed E-state index contributed by atoms with van der Waals surface area (Å²) in [5, 5.41) is 3.04. The molecule has 1 fully saturated rings. The number of aromatic amines is 1. The van der Waals surface area contributed by atoms with Crippen molar-refractivity contribution in [3.63, 3.8) is 0 Å². The number of amides is 1. The molecule has 2 aliphatic carbocycles. The number of carbonyl (C=O) groups excluding carboxylic acids is 1. The Labute approximate surface area is 125 Å². The summed E-state index contributed by atoms with van der Waals surface area (Å²) >= 11 is 0. The highest BCUT2D eigenvalue weighted by atomic mass is 16.2. The van der Waals surface area contributed by atoms with Crippen LogP contribution in [0.4, 0.5) is 0 Å². The molecule has 1 heterocycles. The van der Waals surface area contributed by atoms with Crippen LogP contribution in [-0.4, -0.2) is 16.9 Å². The molecule has 1 aromatic heterocycles. The standard InChI is InChI=1S/C17H24N2O2/c1-11-7-8-15-12(9-11)10-14(17(21)19-15)16(20)18-13-5-3-2-4-6-13/h10-11,13H,2-9H2,1H3,(H,18,20)(H,19,21). The number of fused-ring (bicyclic) bond motifs is 1. The maximum absolute atomic E-state index is 12.4. The van der Waals surface area contributed by atoms with E-state index in [0.717, 1.165) is 43.4 Å². The molecule has 4 nitrogen and oxygen atoms in total. The van der Waals surface area contributed by atoms with Gasteiger partial charge in [0.15, 0.2) is 0 Å². The summed E-state index contributed by atoms with van der Waals surface area (Å²) < 4.78 is 0. The van der Waals surface area contributed by atoms with Gasteiger partial charge < -0.3 is 10.3 Å². The van der Waals surface area contributed by atoms with Gasteiger partial charge in [-0.1, -0.05) is 26.2 Å². The maximum atomic E-state index is 12.4. The van der Waals surface area contributed by atoms with Crippen LogP contribution in [0, 0.1) is 5.92 Å². The van der Waals surface area contributed by atoms with Crippen LogP contribution < -0.4 is 10.9 Å². The zero-order valence-electron chi connectivity index (χ0n) is 12.7. The Balaban J connectivity index is 1.79. The smallest absolute Gasteiger partial charge is 0.261 e. The summed E-state index contributed by atoms with van der Waals surface area (Å²) in [5.41, 5.74) is 2.21. The fourth-order valence-electron chi connectivity index (χ4n) is 3.56. The van der Waals surface area contributed by atoms with Crippen molar-refractivity contribution in [2.24, 2.45) is 5.92 Å². The zero-order valence-corrected chi connectivity index (χ0v) is 12.7. The number of hydrogen-bond donors (Lipinski definition) is 2. The number of hydrogen-bond acceptors (Lipinski definition) is 2. The topological polar surface area (TPSA) is 62.0 Å². The molecule has 114 valence electrons. The molecule has 1 amide bonds. The Kier molecular flexibility index (Phi) is 4.13. The van der Waals surface area contributed by atoms with Gasteiger partial charge >= 0.3 is 0 Å². The number of pyridine rings is 1. The van der Waals surface area contributed by atoms with E-state index < -0.39 is 0 Å².